The van der Waals surface area contributed by atoms with Crippen molar-refractivity contribution in [3.05, 3.63) is 62.9 Å². The zero-order chi connectivity index (χ0) is 20.9. The van der Waals surface area contributed by atoms with Gasteiger partial charge in [0.1, 0.15) is 5.75 Å². The number of rotatable bonds is 9. The maximum absolute atomic E-state index is 12.5. The molecule has 3 rings (SSSR count). The number of aromatic nitrogens is 2. The van der Waals surface area contributed by atoms with Gasteiger partial charge in [-0.3, -0.25) is 9.78 Å². The molecule has 1 N–H and O–H groups in total. The van der Waals surface area contributed by atoms with Crippen LogP contribution in [0.15, 0.2) is 46.1 Å². The first-order chi connectivity index (χ1) is 13.8. The summed E-state index contributed by atoms with van der Waals surface area (Å²) in [6, 6.07) is 8.95. The molecular formula is C21H28N2O5S. The molecule has 0 spiro atoms. The standard InChI is InChI=1S/C21H28N2O5S/c1-16(17-6-4-9-19(14-17)28-18-7-2-3-8-18)15-29(26,27)13-5-11-23-12-10-20(24)22-21(23)25/h4,6,9-10,12,14,16,18H,2-3,5,7-8,11,13,15H2,1H3,(H,22,24,25)/t16-/m0/s1. The summed E-state index contributed by atoms with van der Waals surface area (Å²) >= 11 is 0. The summed E-state index contributed by atoms with van der Waals surface area (Å²) in [5.74, 6) is 0.681. The van der Waals surface area contributed by atoms with Crippen molar-refractivity contribution in [3.63, 3.8) is 0 Å². The van der Waals surface area contributed by atoms with Crippen LogP contribution in [0, 0.1) is 0 Å². The minimum absolute atomic E-state index is 0.0127. The van der Waals surface area contributed by atoms with E-state index in [0.29, 0.717) is 6.42 Å². The Morgan fingerprint density at radius 1 is 1.21 bits per heavy atom. The summed E-state index contributed by atoms with van der Waals surface area (Å²) in [5.41, 5.74) is -0.0462. The van der Waals surface area contributed by atoms with Gasteiger partial charge in [0.25, 0.3) is 5.56 Å². The molecule has 1 aliphatic rings. The minimum atomic E-state index is -3.28. The van der Waals surface area contributed by atoms with Gasteiger partial charge in [0.15, 0.2) is 9.84 Å². The number of nitrogens with zero attached hydrogens (tertiary/aromatic N) is 1. The van der Waals surface area contributed by atoms with E-state index in [0.717, 1.165) is 24.2 Å². The van der Waals surface area contributed by atoms with E-state index >= 15 is 0 Å². The molecule has 8 heteroatoms. The first-order valence-electron chi connectivity index (χ1n) is 10.1. The highest BCUT2D eigenvalue weighted by molar-refractivity contribution is 7.91. The van der Waals surface area contributed by atoms with Crippen LogP contribution < -0.4 is 16.0 Å². The fourth-order valence-electron chi connectivity index (χ4n) is 3.73. The molecule has 1 saturated carbocycles. The van der Waals surface area contributed by atoms with Gasteiger partial charge in [-0.2, -0.15) is 0 Å². The second kappa shape index (κ2) is 9.43. The Bertz CT molecular complexity index is 1040. The average Bonchev–Trinajstić information content (AvgIpc) is 3.16. The molecule has 1 aromatic heterocycles. The Morgan fingerprint density at radius 3 is 2.69 bits per heavy atom. The fraction of sp³-hybridized carbons (Fsp3) is 0.524. The van der Waals surface area contributed by atoms with E-state index in [9.17, 15) is 18.0 Å². The zero-order valence-electron chi connectivity index (χ0n) is 16.7. The maximum atomic E-state index is 12.5. The van der Waals surface area contributed by atoms with E-state index in [1.54, 1.807) is 0 Å². The molecule has 1 atom stereocenters. The number of hydrogen-bond donors (Lipinski definition) is 1. The molecule has 7 nitrogen and oxygen atoms in total. The lowest BCUT2D eigenvalue weighted by atomic mass is 10.0. The Balaban J connectivity index is 1.55. The molecule has 1 fully saturated rings. The average molecular weight is 421 g/mol. The van der Waals surface area contributed by atoms with Crippen LogP contribution in [-0.4, -0.2) is 35.6 Å². The molecule has 0 saturated heterocycles. The molecule has 0 amide bonds. The molecule has 1 heterocycles. The molecule has 0 bridgehead atoms. The Kier molecular flexibility index (Phi) is 6.95. The summed E-state index contributed by atoms with van der Waals surface area (Å²) < 4.78 is 32.4. The van der Waals surface area contributed by atoms with E-state index < -0.39 is 21.1 Å². The Labute approximate surface area is 170 Å². The largest absolute Gasteiger partial charge is 0.490 e. The van der Waals surface area contributed by atoms with Gasteiger partial charge in [0.05, 0.1) is 17.6 Å². The smallest absolute Gasteiger partial charge is 0.328 e. The van der Waals surface area contributed by atoms with Crippen molar-refractivity contribution >= 4 is 9.84 Å². The summed E-state index contributed by atoms with van der Waals surface area (Å²) in [4.78, 5) is 24.9. The van der Waals surface area contributed by atoms with Crippen LogP contribution in [0.3, 0.4) is 0 Å². The lowest BCUT2D eigenvalue weighted by molar-refractivity contribution is 0.210. The van der Waals surface area contributed by atoms with Gasteiger partial charge in [0, 0.05) is 18.8 Å². The van der Waals surface area contributed by atoms with Gasteiger partial charge in [-0.15, -0.1) is 0 Å². The number of sulfone groups is 1. The molecule has 0 radical (unpaired) electrons. The van der Waals surface area contributed by atoms with E-state index in [2.05, 4.69) is 4.98 Å². The Hall–Kier alpha value is -2.35. The van der Waals surface area contributed by atoms with Crippen molar-refractivity contribution in [3.8, 4) is 5.75 Å². The van der Waals surface area contributed by atoms with Crippen molar-refractivity contribution in [1.82, 2.24) is 9.55 Å². The van der Waals surface area contributed by atoms with Gasteiger partial charge in [-0.05, 0) is 55.7 Å². The summed E-state index contributed by atoms with van der Waals surface area (Å²) in [5, 5.41) is 0. The number of H-pyrrole nitrogens is 1. The zero-order valence-corrected chi connectivity index (χ0v) is 17.5. The van der Waals surface area contributed by atoms with Crippen LogP contribution >= 0.6 is 0 Å². The molecule has 0 unspecified atom stereocenters. The molecule has 0 aliphatic heterocycles. The third-order valence-electron chi connectivity index (χ3n) is 5.29. The molecule has 2 aromatic rings. The summed E-state index contributed by atoms with van der Waals surface area (Å²) in [7, 11) is -3.28. The molecular weight excluding hydrogens is 392 g/mol. The number of nitrogens with one attached hydrogen (secondary N) is 1. The predicted octanol–water partition coefficient (Wildman–Crippen LogP) is 2.47. The Morgan fingerprint density at radius 2 is 1.97 bits per heavy atom. The second-order valence-corrected chi connectivity index (χ2v) is 10.00. The first kappa shape index (κ1) is 21.4. The molecule has 158 valence electrons. The molecule has 1 aromatic carbocycles. The van der Waals surface area contributed by atoms with Crippen LogP contribution in [0.5, 0.6) is 5.75 Å². The minimum Gasteiger partial charge on any atom is -0.490 e. The SMILES string of the molecule is C[C@@H](CS(=O)(=O)CCCn1ccc(=O)[nH]c1=O)c1cccc(OC2CCCC2)c1. The van der Waals surface area contributed by atoms with Crippen molar-refractivity contribution in [1.29, 1.82) is 0 Å². The van der Waals surface area contributed by atoms with Gasteiger partial charge >= 0.3 is 5.69 Å². The lowest BCUT2D eigenvalue weighted by Gasteiger charge is -2.17. The number of aryl methyl sites for hydroxylation is 1. The van der Waals surface area contributed by atoms with Crippen molar-refractivity contribution < 1.29 is 13.2 Å². The van der Waals surface area contributed by atoms with Gasteiger partial charge in [-0.25, -0.2) is 13.2 Å². The number of aromatic amines is 1. The predicted molar refractivity (Wildman–Crippen MR) is 112 cm³/mol. The highest BCUT2D eigenvalue weighted by atomic mass is 32.2. The van der Waals surface area contributed by atoms with Crippen molar-refractivity contribution in [2.75, 3.05) is 11.5 Å². The van der Waals surface area contributed by atoms with E-state index in [4.69, 9.17) is 4.74 Å². The topological polar surface area (TPSA) is 98.2 Å². The van der Waals surface area contributed by atoms with Crippen LogP contribution in [-0.2, 0) is 16.4 Å². The highest BCUT2D eigenvalue weighted by Crippen LogP contribution is 2.27. The molecule has 1 aliphatic carbocycles. The number of hydrogen-bond acceptors (Lipinski definition) is 5. The van der Waals surface area contributed by atoms with E-state index in [1.165, 1.54) is 29.7 Å². The van der Waals surface area contributed by atoms with Gasteiger partial charge in [0.2, 0.25) is 0 Å². The van der Waals surface area contributed by atoms with E-state index in [1.807, 2.05) is 31.2 Å². The monoisotopic (exact) mass is 420 g/mol. The maximum Gasteiger partial charge on any atom is 0.328 e. The lowest BCUT2D eigenvalue weighted by Crippen LogP contribution is -2.29. The first-order valence-corrected chi connectivity index (χ1v) is 11.9. The van der Waals surface area contributed by atoms with Crippen LogP contribution in [0.1, 0.15) is 50.5 Å². The highest BCUT2D eigenvalue weighted by Gasteiger charge is 2.19. The second-order valence-electron chi connectivity index (χ2n) is 7.77. The van der Waals surface area contributed by atoms with Gasteiger partial charge < -0.3 is 9.30 Å². The van der Waals surface area contributed by atoms with Crippen molar-refractivity contribution in [2.24, 2.45) is 0 Å². The fourth-order valence-corrected chi connectivity index (χ4v) is 5.42. The summed E-state index contributed by atoms with van der Waals surface area (Å²) in [6.07, 6.45) is 6.51. The third kappa shape index (κ3) is 6.32. The quantitative estimate of drug-likeness (QED) is 0.672. The summed E-state index contributed by atoms with van der Waals surface area (Å²) in [6.45, 7) is 2.15. The normalized spacial score (nSPS) is 16.0. The van der Waals surface area contributed by atoms with Gasteiger partial charge in [-0.1, -0.05) is 19.1 Å². The number of benzene rings is 1. The van der Waals surface area contributed by atoms with E-state index in [-0.39, 0.29) is 30.1 Å². The number of ether oxygens (including phenoxy) is 1. The van der Waals surface area contributed by atoms with Crippen LogP contribution in [0.4, 0.5) is 0 Å². The van der Waals surface area contributed by atoms with Crippen LogP contribution in [0.25, 0.3) is 0 Å². The van der Waals surface area contributed by atoms with Crippen LogP contribution in [0.2, 0.25) is 0 Å². The molecule has 29 heavy (non-hydrogen) atoms. The third-order valence-corrected chi connectivity index (χ3v) is 7.21. The van der Waals surface area contributed by atoms with Crippen molar-refractivity contribution in [2.45, 2.75) is 57.6 Å².